The topological polar surface area (TPSA) is 35.6 Å². The quantitative estimate of drug-likeness (QED) is 0.474. The molecule has 0 aromatic heterocycles. The molecular formula is C10H21N3O. The Morgan fingerprint density at radius 1 is 1.36 bits per heavy atom. The van der Waals surface area contributed by atoms with Crippen molar-refractivity contribution in [3.63, 3.8) is 0 Å². The molecule has 0 aliphatic carbocycles. The zero-order valence-electron chi connectivity index (χ0n) is 9.74. The molecule has 1 saturated heterocycles. The Labute approximate surface area is 86.2 Å². The molecule has 4 nitrogen and oxygen atoms in total. The predicted molar refractivity (Wildman–Crippen MR) is 57.2 cm³/mol. The summed E-state index contributed by atoms with van der Waals surface area (Å²) < 4.78 is 0. The number of carbonyl (C=O) groups excluding carboxylic acids is 1. The van der Waals surface area contributed by atoms with Gasteiger partial charge in [-0.15, -0.1) is 0 Å². The van der Waals surface area contributed by atoms with Crippen molar-refractivity contribution in [1.29, 1.82) is 0 Å². The molecule has 0 saturated carbocycles. The van der Waals surface area contributed by atoms with Gasteiger partial charge in [-0.2, -0.15) is 0 Å². The molecule has 1 N–H and O–H groups in total. The highest BCUT2D eigenvalue weighted by atomic mass is 16.2. The summed E-state index contributed by atoms with van der Waals surface area (Å²) in [5.74, 6) is 0.110. The van der Waals surface area contributed by atoms with Crippen molar-refractivity contribution < 1.29 is 4.79 Å². The highest BCUT2D eigenvalue weighted by Gasteiger charge is 2.37. The molecule has 1 amide bonds. The van der Waals surface area contributed by atoms with Crippen molar-refractivity contribution in [3.05, 3.63) is 0 Å². The van der Waals surface area contributed by atoms with Crippen molar-refractivity contribution in [2.75, 3.05) is 27.7 Å². The van der Waals surface area contributed by atoms with E-state index >= 15 is 0 Å². The Morgan fingerprint density at radius 2 is 1.93 bits per heavy atom. The van der Waals surface area contributed by atoms with E-state index in [1.54, 1.807) is 7.05 Å². The maximum Gasteiger partial charge on any atom is 0.238 e. The number of hydrogen-bond acceptors (Lipinski definition) is 3. The lowest BCUT2D eigenvalue weighted by Crippen LogP contribution is -2.63. The third-order valence-electron chi connectivity index (χ3n) is 3.34. The van der Waals surface area contributed by atoms with Crippen LogP contribution >= 0.6 is 0 Å². The first kappa shape index (κ1) is 11.5. The first-order valence-corrected chi connectivity index (χ1v) is 5.12. The maximum absolute atomic E-state index is 11.7. The fourth-order valence-corrected chi connectivity index (χ4v) is 2.22. The van der Waals surface area contributed by atoms with Crippen LogP contribution in [0.25, 0.3) is 0 Å². The predicted octanol–water partition coefficient (Wildman–Crippen LogP) is -0.245. The number of likely N-dealkylation sites (N-methyl/N-ethyl adjacent to an activating group) is 3. The van der Waals surface area contributed by atoms with Crippen LogP contribution in [-0.4, -0.2) is 61.5 Å². The monoisotopic (exact) mass is 205 g/mol. The van der Waals surface area contributed by atoms with Gasteiger partial charge < -0.3 is 5.32 Å². The van der Waals surface area contributed by atoms with Crippen molar-refractivity contribution in [1.82, 2.24) is 15.1 Å². The average molecular weight is 205 g/mol. The number of nitrogens with one attached hydrogen (secondary N) is 1. The molecule has 14 heavy (non-hydrogen) atoms. The third kappa shape index (κ3) is 1.91. The lowest BCUT2D eigenvalue weighted by Gasteiger charge is -2.46. The molecule has 0 aromatic carbocycles. The van der Waals surface area contributed by atoms with Gasteiger partial charge in [0.1, 0.15) is 6.04 Å². The number of hydrogen-bond donors (Lipinski definition) is 1. The molecule has 0 bridgehead atoms. The molecule has 1 aliphatic heterocycles. The summed E-state index contributed by atoms with van der Waals surface area (Å²) in [6.45, 7) is 5.23. The number of nitrogens with zero attached hydrogens (tertiary/aromatic N) is 2. The van der Waals surface area contributed by atoms with Crippen LogP contribution in [-0.2, 0) is 4.79 Å². The minimum Gasteiger partial charge on any atom is -0.358 e. The lowest BCUT2D eigenvalue weighted by molar-refractivity contribution is -0.130. The summed E-state index contributed by atoms with van der Waals surface area (Å²) >= 11 is 0. The van der Waals surface area contributed by atoms with Gasteiger partial charge in [0.05, 0.1) is 0 Å². The van der Waals surface area contributed by atoms with Crippen LogP contribution in [0.5, 0.6) is 0 Å². The van der Waals surface area contributed by atoms with Crippen molar-refractivity contribution >= 4 is 5.91 Å². The summed E-state index contributed by atoms with van der Waals surface area (Å²) in [4.78, 5) is 16.1. The standard InChI is InChI=1S/C10H21N3O/c1-7-6-12(4)9(10(14)11-3)8(2)13(7)5/h7-9H,6H2,1-5H3,(H,11,14)/i3+1,4+1,5+1,6+1,12+1,13+1. The Kier molecular flexibility index (Phi) is 3.50. The molecule has 0 aromatic rings. The van der Waals surface area contributed by atoms with Gasteiger partial charge in [0.25, 0.3) is 0 Å². The number of amides is 1. The first-order valence-electron chi connectivity index (χ1n) is 5.12. The van der Waals surface area contributed by atoms with Crippen LogP contribution < -0.4 is 5.32 Å². The van der Waals surface area contributed by atoms with Crippen molar-refractivity contribution in [2.24, 2.45) is 0 Å². The summed E-state index contributed by atoms with van der Waals surface area (Å²) in [5.41, 5.74) is 0. The lowest BCUT2D eigenvalue weighted by atomic mass is 10.1. The summed E-state index contributed by atoms with van der Waals surface area (Å²) in [7, 11) is 5.79. The molecular weight excluding hydrogens is 184 g/mol. The fourth-order valence-electron chi connectivity index (χ4n) is 2.22. The Morgan fingerprint density at radius 3 is 2.43 bits per heavy atom. The number of carbonyl (C=O) groups is 1. The highest BCUT2D eigenvalue weighted by molar-refractivity contribution is 5.82. The molecule has 3 unspecified atom stereocenters. The Balaban J connectivity index is 2.78. The summed E-state index contributed by atoms with van der Waals surface area (Å²) in [6, 6.07) is 0.751. The van der Waals surface area contributed by atoms with E-state index in [-0.39, 0.29) is 18.0 Å². The van der Waals surface area contributed by atoms with Gasteiger partial charge in [-0.25, -0.2) is 0 Å². The van der Waals surface area contributed by atoms with E-state index in [9.17, 15) is 4.79 Å². The van der Waals surface area contributed by atoms with Crippen molar-refractivity contribution in [2.45, 2.75) is 32.0 Å². The fraction of sp³-hybridized carbons (Fsp3) is 0.900. The normalized spacial score (nSPS) is 35.6. The molecule has 1 fully saturated rings. The molecule has 1 heterocycles. The van der Waals surface area contributed by atoms with Gasteiger partial charge in [0.15, 0.2) is 0 Å². The number of piperazine rings is 1. The first-order chi connectivity index (χ1) is 6.49. The minimum atomic E-state index is -0.0267. The van der Waals surface area contributed by atoms with Gasteiger partial charge in [0.2, 0.25) is 5.91 Å². The Hall–Kier alpha value is -0.610. The van der Waals surface area contributed by atoms with Crippen LogP contribution in [0.1, 0.15) is 13.8 Å². The molecule has 0 spiro atoms. The van der Waals surface area contributed by atoms with Crippen LogP contribution in [0, 0.1) is 0 Å². The molecule has 3 atom stereocenters. The van der Waals surface area contributed by atoms with E-state index < -0.39 is 0 Å². The van der Waals surface area contributed by atoms with Crippen LogP contribution in [0.3, 0.4) is 0 Å². The van der Waals surface area contributed by atoms with E-state index in [1.807, 2.05) is 7.05 Å². The van der Waals surface area contributed by atoms with Gasteiger partial charge in [-0.1, -0.05) is 0 Å². The van der Waals surface area contributed by atoms with E-state index in [0.29, 0.717) is 6.04 Å². The SMILES string of the molecule is CC1[13CH2][15N]([13CH3])C(C(=O)N[13CH3])C(C)[15N]1[13CH3]. The minimum absolute atomic E-state index is 0.0267. The second-order valence-electron chi connectivity index (χ2n) is 4.25. The smallest absolute Gasteiger partial charge is 0.238 e. The average Bonchev–Trinajstić information content (AvgIpc) is 2.14. The second-order valence-corrected chi connectivity index (χ2v) is 4.25. The van der Waals surface area contributed by atoms with Gasteiger partial charge >= 0.3 is 0 Å². The maximum atomic E-state index is 11.7. The highest BCUT2D eigenvalue weighted by Crippen LogP contribution is 2.18. The third-order valence-corrected chi connectivity index (χ3v) is 3.34. The van der Waals surface area contributed by atoms with Gasteiger partial charge in [-0.05, 0) is 27.9 Å². The van der Waals surface area contributed by atoms with Gasteiger partial charge in [0, 0.05) is 25.7 Å². The number of rotatable bonds is 1. The molecule has 4 heteroatoms. The van der Waals surface area contributed by atoms with E-state index in [2.05, 4.69) is 36.0 Å². The van der Waals surface area contributed by atoms with Crippen LogP contribution in [0.4, 0.5) is 0 Å². The second kappa shape index (κ2) is 4.28. The van der Waals surface area contributed by atoms with Gasteiger partial charge in [-0.3, -0.25) is 14.6 Å². The van der Waals surface area contributed by atoms with E-state index in [1.165, 1.54) is 0 Å². The summed E-state index contributed by atoms with van der Waals surface area (Å²) in [5, 5.41) is 2.72. The van der Waals surface area contributed by atoms with E-state index in [4.69, 9.17) is 0 Å². The molecule has 1 rings (SSSR count). The molecule has 1 aliphatic rings. The molecule has 0 radical (unpaired) electrons. The Bertz CT molecular complexity index is 219. The van der Waals surface area contributed by atoms with Crippen molar-refractivity contribution in [3.8, 4) is 0 Å². The van der Waals surface area contributed by atoms with Crippen LogP contribution in [0.15, 0.2) is 0 Å². The van der Waals surface area contributed by atoms with Crippen LogP contribution in [0.2, 0.25) is 0 Å². The molecule has 82 valence electrons. The van der Waals surface area contributed by atoms with E-state index in [0.717, 1.165) is 6.54 Å². The zero-order valence-corrected chi connectivity index (χ0v) is 9.74. The largest absolute Gasteiger partial charge is 0.358 e. The summed E-state index contributed by atoms with van der Waals surface area (Å²) in [6.07, 6.45) is 0. The zero-order chi connectivity index (χ0) is 10.9.